The molecule has 0 amide bonds. The van der Waals surface area contributed by atoms with Crippen molar-refractivity contribution >= 4 is 21.6 Å². The summed E-state index contributed by atoms with van der Waals surface area (Å²) in [7, 11) is 2.16. The number of piperidine rings is 1. The molecule has 1 aliphatic rings. The number of halogens is 2. The minimum absolute atomic E-state index is 0.195. The summed E-state index contributed by atoms with van der Waals surface area (Å²) < 4.78 is 14.0. The Morgan fingerprint density at radius 3 is 2.82 bits per heavy atom. The lowest BCUT2D eigenvalue weighted by molar-refractivity contribution is 0.226. The maximum atomic E-state index is 13.1. The first-order valence-electron chi connectivity index (χ1n) is 6.02. The Hall–Kier alpha value is -0.610. The summed E-state index contributed by atoms with van der Waals surface area (Å²) in [6, 6.07) is 4.75. The summed E-state index contributed by atoms with van der Waals surface area (Å²) >= 11 is 3.43. The third kappa shape index (κ3) is 3.68. The molecule has 0 unspecified atom stereocenters. The van der Waals surface area contributed by atoms with Gasteiger partial charge in [-0.1, -0.05) is 0 Å². The van der Waals surface area contributed by atoms with Crippen LogP contribution in [-0.2, 0) is 0 Å². The first kappa shape index (κ1) is 12.8. The van der Waals surface area contributed by atoms with E-state index in [1.54, 1.807) is 12.1 Å². The molecule has 0 spiro atoms. The van der Waals surface area contributed by atoms with Gasteiger partial charge in [0.2, 0.25) is 0 Å². The fraction of sp³-hybridized carbons (Fsp3) is 0.538. The Kier molecular flexibility index (Phi) is 4.40. The molecule has 94 valence electrons. The van der Waals surface area contributed by atoms with Gasteiger partial charge >= 0.3 is 0 Å². The highest BCUT2D eigenvalue weighted by atomic mass is 79.9. The molecule has 1 aromatic rings. The summed E-state index contributed by atoms with van der Waals surface area (Å²) in [5.74, 6) is 0.500. The molecular weight excluding hydrogens is 283 g/mol. The zero-order valence-corrected chi connectivity index (χ0v) is 11.6. The second-order valence-electron chi connectivity index (χ2n) is 4.75. The van der Waals surface area contributed by atoms with Crippen LogP contribution in [0.25, 0.3) is 0 Å². The second-order valence-corrected chi connectivity index (χ2v) is 5.61. The van der Waals surface area contributed by atoms with Crippen LogP contribution >= 0.6 is 15.9 Å². The Balaban J connectivity index is 1.87. The Bertz CT molecular complexity index is 376. The smallest absolute Gasteiger partial charge is 0.125 e. The number of hydrogen-bond acceptors (Lipinski definition) is 2. The highest BCUT2D eigenvalue weighted by Gasteiger charge is 2.16. The van der Waals surface area contributed by atoms with Gasteiger partial charge in [0.15, 0.2) is 0 Å². The molecule has 0 atom stereocenters. The van der Waals surface area contributed by atoms with E-state index in [1.807, 2.05) is 0 Å². The normalized spacial score (nSPS) is 18.3. The molecule has 1 aliphatic heterocycles. The minimum atomic E-state index is -0.195. The van der Waals surface area contributed by atoms with Gasteiger partial charge in [-0.05, 0) is 73.0 Å². The monoisotopic (exact) mass is 300 g/mol. The van der Waals surface area contributed by atoms with E-state index in [1.165, 1.54) is 18.9 Å². The van der Waals surface area contributed by atoms with Gasteiger partial charge in [0, 0.05) is 11.0 Å². The van der Waals surface area contributed by atoms with Crippen LogP contribution in [0.3, 0.4) is 0 Å². The summed E-state index contributed by atoms with van der Waals surface area (Å²) in [5.41, 5.74) is 0.851. The minimum Gasteiger partial charge on any atom is -0.384 e. The van der Waals surface area contributed by atoms with Gasteiger partial charge in [-0.15, -0.1) is 0 Å². The summed E-state index contributed by atoms with van der Waals surface area (Å²) in [4.78, 5) is 2.36. The van der Waals surface area contributed by atoms with Crippen molar-refractivity contribution in [3.63, 3.8) is 0 Å². The molecule has 1 fully saturated rings. The van der Waals surface area contributed by atoms with E-state index in [4.69, 9.17) is 0 Å². The molecule has 4 heteroatoms. The van der Waals surface area contributed by atoms with E-state index >= 15 is 0 Å². The van der Waals surface area contributed by atoms with Crippen molar-refractivity contribution in [1.82, 2.24) is 4.90 Å². The van der Waals surface area contributed by atoms with Gasteiger partial charge in [0.05, 0.1) is 5.69 Å². The number of hydrogen-bond donors (Lipinski definition) is 1. The van der Waals surface area contributed by atoms with Crippen molar-refractivity contribution in [2.24, 2.45) is 5.92 Å². The lowest BCUT2D eigenvalue weighted by Gasteiger charge is -2.29. The lowest BCUT2D eigenvalue weighted by Crippen LogP contribution is -2.33. The molecule has 1 heterocycles. The molecule has 1 N–H and O–H groups in total. The number of anilines is 1. The standard InChI is InChI=1S/C13H18BrFN2/c1-17-6-4-10(5-7-17)9-16-13-8-11(15)2-3-12(13)14/h2-3,8,10,16H,4-7,9H2,1H3. The fourth-order valence-corrected chi connectivity index (χ4v) is 2.54. The van der Waals surface area contributed by atoms with Crippen LogP contribution in [-0.4, -0.2) is 31.6 Å². The van der Waals surface area contributed by atoms with Gasteiger partial charge in [-0.25, -0.2) is 4.39 Å². The molecule has 17 heavy (non-hydrogen) atoms. The van der Waals surface area contributed by atoms with Gasteiger partial charge in [0.25, 0.3) is 0 Å². The second kappa shape index (κ2) is 5.83. The zero-order valence-electron chi connectivity index (χ0n) is 10.0. The van der Waals surface area contributed by atoms with Gasteiger partial charge in [0.1, 0.15) is 5.82 Å². The van der Waals surface area contributed by atoms with Crippen LogP contribution in [0.1, 0.15) is 12.8 Å². The molecule has 0 aliphatic carbocycles. The van der Waals surface area contributed by atoms with E-state index in [0.717, 1.165) is 29.8 Å². The SMILES string of the molecule is CN1CCC(CNc2cc(F)ccc2Br)CC1. The van der Waals surface area contributed by atoms with E-state index < -0.39 is 0 Å². The quantitative estimate of drug-likeness (QED) is 0.921. The van der Waals surface area contributed by atoms with E-state index in [-0.39, 0.29) is 5.82 Å². The van der Waals surface area contributed by atoms with E-state index in [9.17, 15) is 4.39 Å². The van der Waals surface area contributed by atoms with Crippen LogP contribution in [0.5, 0.6) is 0 Å². The summed E-state index contributed by atoms with van der Waals surface area (Å²) in [6.07, 6.45) is 2.44. The molecule has 0 bridgehead atoms. The molecule has 1 aromatic carbocycles. The topological polar surface area (TPSA) is 15.3 Å². The number of nitrogens with zero attached hydrogens (tertiary/aromatic N) is 1. The molecule has 2 rings (SSSR count). The number of nitrogens with one attached hydrogen (secondary N) is 1. The zero-order chi connectivity index (χ0) is 12.3. The van der Waals surface area contributed by atoms with Crippen molar-refractivity contribution in [2.45, 2.75) is 12.8 Å². The highest BCUT2D eigenvalue weighted by molar-refractivity contribution is 9.10. The third-order valence-corrected chi connectivity index (χ3v) is 4.04. The van der Waals surface area contributed by atoms with Gasteiger partial charge in [-0.2, -0.15) is 0 Å². The molecule has 2 nitrogen and oxygen atoms in total. The molecular formula is C13H18BrFN2. The summed E-state index contributed by atoms with van der Waals surface area (Å²) in [5, 5.41) is 3.33. The van der Waals surface area contributed by atoms with E-state index in [0.29, 0.717) is 5.92 Å². The van der Waals surface area contributed by atoms with Crippen LogP contribution < -0.4 is 5.32 Å². The van der Waals surface area contributed by atoms with Crippen molar-refractivity contribution in [3.8, 4) is 0 Å². The molecule has 0 saturated carbocycles. The summed E-state index contributed by atoms with van der Waals surface area (Å²) in [6.45, 7) is 3.25. The highest BCUT2D eigenvalue weighted by Crippen LogP contribution is 2.24. The lowest BCUT2D eigenvalue weighted by atomic mass is 9.97. The first-order valence-corrected chi connectivity index (χ1v) is 6.82. The maximum absolute atomic E-state index is 13.1. The molecule has 1 saturated heterocycles. The third-order valence-electron chi connectivity index (χ3n) is 3.35. The van der Waals surface area contributed by atoms with Gasteiger partial charge < -0.3 is 10.2 Å². The average Bonchev–Trinajstić information content (AvgIpc) is 2.32. The van der Waals surface area contributed by atoms with Crippen molar-refractivity contribution in [1.29, 1.82) is 0 Å². The van der Waals surface area contributed by atoms with Crippen LogP contribution in [0.15, 0.2) is 22.7 Å². The van der Waals surface area contributed by atoms with Crippen molar-refractivity contribution < 1.29 is 4.39 Å². The average molecular weight is 301 g/mol. The number of benzene rings is 1. The number of likely N-dealkylation sites (tertiary alicyclic amines) is 1. The van der Waals surface area contributed by atoms with E-state index in [2.05, 4.69) is 33.2 Å². The fourth-order valence-electron chi connectivity index (χ4n) is 2.15. The number of rotatable bonds is 3. The van der Waals surface area contributed by atoms with Crippen LogP contribution in [0, 0.1) is 11.7 Å². The van der Waals surface area contributed by atoms with Crippen LogP contribution in [0.2, 0.25) is 0 Å². The Labute approximate surface area is 110 Å². The first-order chi connectivity index (χ1) is 8.15. The Morgan fingerprint density at radius 2 is 2.12 bits per heavy atom. The Morgan fingerprint density at radius 1 is 1.41 bits per heavy atom. The van der Waals surface area contributed by atoms with Crippen LogP contribution in [0.4, 0.5) is 10.1 Å². The molecule has 0 aromatic heterocycles. The van der Waals surface area contributed by atoms with Crippen molar-refractivity contribution in [3.05, 3.63) is 28.5 Å². The largest absolute Gasteiger partial charge is 0.384 e. The van der Waals surface area contributed by atoms with Crippen molar-refractivity contribution in [2.75, 3.05) is 32.0 Å². The molecule has 0 radical (unpaired) electrons. The maximum Gasteiger partial charge on any atom is 0.125 e. The van der Waals surface area contributed by atoms with Gasteiger partial charge in [-0.3, -0.25) is 0 Å². The predicted octanol–water partition coefficient (Wildman–Crippen LogP) is 3.34. The predicted molar refractivity (Wildman–Crippen MR) is 72.8 cm³/mol.